The zero-order valence-corrected chi connectivity index (χ0v) is 7.27. The van der Waals surface area contributed by atoms with Gasteiger partial charge in [-0.25, -0.2) is 0 Å². The third-order valence-electron chi connectivity index (χ3n) is 1.44. The Morgan fingerprint density at radius 1 is 1.08 bits per heavy atom. The van der Waals surface area contributed by atoms with Gasteiger partial charge < -0.3 is 9.47 Å². The Labute approximate surface area is 77.5 Å². The van der Waals surface area contributed by atoms with Crippen molar-refractivity contribution in [3.63, 3.8) is 0 Å². The molecular weight excluding hydrogens is 166 g/mol. The van der Waals surface area contributed by atoms with Gasteiger partial charge in [0.15, 0.2) is 0 Å². The summed E-state index contributed by atoms with van der Waals surface area (Å²) in [6.45, 7) is 2.06. The highest BCUT2D eigenvalue weighted by Crippen LogP contribution is 1.93. The summed E-state index contributed by atoms with van der Waals surface area (Å²) < 4.78 is 9.44. The molecule has 68 valence electrons. The summed E-state index contributed by atoms with van der Waals surface area (Å²) in [6, 6.07) is 11.2. The number of rotatable bonds is 0. The molecule has 0 unspecified atom stereocenters. The van der Waals surface area contributed by atoms with Gasteiger partial charge in [0.25, 0.3) is 0 Å². The molecule has 2 rings (SSSR count). The molecule has 1 fully saturated rings. The van der Waals surface area contributed by atoms with Crippen LogP contribution in [0.15, 0.2) is 30.3 Å². The van der Waals surface area contributed by atoms with Crippen molar-refractivity contribution < 1.29 is 9.47 Å². The predicted molar refractivity (Wildman–Crippen MR) is 47.9 cm³/mol. The van der Waals surface area contributed by atoms with Gasteiger partial charge in [0.1, 0.15) is 6.79 Å². The molecule has 0 spiro atoms. The van der Waals surface area contributed by atoms with E-state index in [0.29, 0.717) is 12.4 Å². The zero-order valence-electron chi connectivity index (χ0n) is 7.27. The van der Waals surface area contributed by atoms with Crippen molar-refractivity contribution in [3.8, 4) is 6.07 Å². The highest BCUT2D eigenvalue weighted by atomic mass is 16.7. The Kier molecular flexibility index (Phi) is 4.62. The van der Waals surface area contributed by atoms with Gasteiger partial charge in [-0.1, -0.05) is 18.2 Å². The molecule has 1 heterocycles. The highest BCUT2D eigenvalue weighted by molar-refractivity contribution is 5.27. The van der Waals surface area contributed by atoms with Crippen LogP contribution in [-0.4, -0.2) is 20.0 Å². The van der Waals surface area contributed by atoms with E-state index >= 15 is 0 Å². The Morgan fingerprint density at radius 3 is 2.00 bits per heavy atom. The van der Waals surface area contributed by atoms with Gasteiger partial charge in [-0.2, -0.15) is 5.26 Å². The number of hydrogen-bond donors (Lipinski definition) is 0. The van der Waals surface area contributed by atoms with E-state index in [4.69, 9.17) is 14.7 Å². The van der Waals surface area contributed by atoms with E-state index in [1.54, 1.807) is 12.1 Å². The Balaban J connectivity index is 0.000000145. The molecule has 1 aromatic rings. The molecule has 0 bridgehead atoms. The first-order valence-electron chi connectivity index (χ1n) is 4.04. The molecule has 3 nitrogen and oxygen atoms in total. The molecule has 0 amide bonds. The fraction of sp³-hybridized carbons (Fsp3) is 0.300. The average molecular weight is 177 g/mol. The maximum Gasteiger partial charge on any atom is 0.146 e. The molecule has 1 aromatic carbocycles. The van der Waals surface area contributed by atoms with Crippen LogP contribution in [0.5, 0.6) is 0 Å². The van der Waals surface area contributed by atoms with E-state index in [0.717, 1.165) is 13.2 Å². The van der Waals surface area contributed by atoms with E-state index in [1.165, 1.54) is 0 Å². The lowest BCUT2D eigenvalue weighted by atomic mass is 10.2. The number of hydrogen-bond acceptors (Lipinski definition) is 3. The van der Waals surface area contributed by atoms with Crippen molar-refractivity contribution in [2.45, 2.75) is 0 Å². The van der Waals surface area contributed by atoms with Crippen molar-refractivity contribution in [2.24, 2.45) is 0 Å². The fourth-order valence-corrected chi connectivity index (χ4v) is 0.807. The van der Waals surface area contributed by atoms with Crippen LogP contribution < -0.4 is 0 Å². The third kappa shape index (κ3) is 4.26. The molecule has 13 heavy (non-hydrogen) atoms. The molecule has 0 atom stereocenters. The minimum absolute atomic E-state index is 0.500. The maximum absolute atomic E-state index is 8.29. The van der Waals surface area contributed by atoms with Gasteiger partial charge >= 0.3 is 0 Å². The molecule has 0 aliphatic carbocycles. The maximum atomic E-state index is 8.29. The lowest BCUT2D eigenvalue weighted by molar-refractivity contribution is 0.0692. The topological polar surface area (TPSA) is 42.2 Å². The van der Waals surface area contributed by atoms with Crippen molar-refractivity contribution in [1.29, 1.82) is 5.26 Å². The summed E-state index contributed by atoms with van der Waals surface area (Å²) in [5, 5.41) is 8.29. The lowest BCUT2D eigenvalue weighted by Gasteiger charge is -1.80. The summed E-state index contributed by atoms with van der Waals surface area (Å²) in [5.41, 5.74) is 0.715. The van der Waals surface area contributed by atoms with Crippen molar-refractivity contribution in [1.82, 2.24) is 0 Å². The second-order valence-electron chi connectivity index (χ2n) is 2.41. The first kappa shape index (κ1) is 9.72. The molecule has 0 radical (unpaired) electrons. The van der Waals surface area contributed by atoms with Crippen LogP contribution in [0.1, 0.15) is 5.56 Å². The monoisotopic (exact) mass is 177 g/mol. The molecule has 1 aliphatic heterocycles. The van der Waals surface area contributed by atoms with E-state index in [-0.39, 0.29) is 0 Å². The fourth-order valence-electron chi connectivity index (χ4n) is 0.807. The van der Waals surface area contributed by atoms with E-state index in [9.17, 15) is 0 Å². The second-order valence-corrected chi connectivity index (χ2v) is 2.41. The van der Waals surface area contributed by atoms with Crippen molar-refractivity contribution in [2.75, 3.05) is 20.0 Å². The van der Waals surface area contributed by atoms with Gasteiger partial charge in [-0.15, -0.1) is 0 Å². The summed E-state index contributed by atoms with van der Waals surface area (Å²) in [5.74, 6) is 0. The molecule has 0 aromatic heterocycles. The minimum Gasteiger partial charge on any atom is -0.353 e. The second kappa shape index (κ2) is 6.18. The first-order chi connectivity index (χ1) is 6.43. The van der Waals surface area contributed by atoms with Crippen LogP contribution >= 0.6 is 0 Å². The van der Waals surface area contributed by atoms with Crippen LogP contribution in [0, 0.1) is 11.3 Å². The summed E-state index contributed by atoms with van der Waals surface area (Å²) in [6.07, 6.45) is 0. The summed E-state index contributed by atoms with van der Waals surface area (Å²) >= 11 is 0. The van der Waals surface area contributed by atoms with Gasteiger partial charge in [0, 0.05) is 0 Å². The van der Waals surface area contributed by atoms with Crippen LogP contribution in [0.2, 0.25) is 0 Å². The van der Waals surface area contributed by atoms with E-state index in [1.807, 2.05) is 24.3 Å². The third-order valence-corrected chi connectivity index (χ3v) is 1.44. The Hall–Kier alpha value is -1.37. The minimum atomic E-state index is 0.500. The average Bonchev–Trinajstić information content (AvgIpc) is 2.77. The van der Waals surface area contributed by atoms with Crippen LogP contribution in [0.25, 0.3) is 0 Å². The number of benzene rings is 1. The zero-order chi connectivity index (χ0) is 9.36. The van der Waals surface area contributed by atoms with Crippen LogP contribution in [0.3, 0.4) is 0 Å². The smallest absolute Gasteiger partial charge is 0.146 e. The molecule has 0 N–H and O–H groups in total. The van der Waals surface area contributed by atoms with E-state index < -0.39 is 0 Å². The van der Waals surface area contributed by atoms with E-state index in [2.05, 4.69) is 0 Å². The van der Waals surface area contributed by atoms with Crippen LogP contribution in [-0.2, 0) is 9.47 Å². The standard InChI is InChI=1S/C7H5N.C3H6O2/c8-6-7-4-2-1-3-5-7;1-2-5-3-4-1/h1-5H;1-3H2. The summed E-state index contributed by atoms with van der Waals surface area (Å²) in [7, 11) is 0. The van der Waals surface area contributed by atoms with Gasteiger partial charge in [-0.3, -0.25) is 0 Å². The Morgan fingerprint density at radius 2 is 1.69 bits per heavy atom. The van der Waals surface area contributed by atoms with Gasteiger partial charge in [0.05, 0.1) is 24.8 Å². The lowest BCUT2D eigenvalue weighted by Crippen LogP contribution is -1.79. The summed E-state index contributed by atoms with van der Waals surface area (Å²) in [4.78, 5) is 0. The molecule has 1 aliphatic rings. The Bertz CT molecular complexity index is 254. The number of ether oxygens (including phenoxy) is 2. The van der Waals surface area contributed by atoms with Crippen molar-refractivity contribution in [3.05, 3.63) is 35.9 Å². The van der Waals surface area contributed by atoms with Gasteiger partial charge in [0.2, 0.25) is 0 Å². The normalized spacial score (nSPS) is 14.1. The highest BCUT2D eigenvalue weighted by Gasteiger charge is 1.93. The van der Waals surface area contributed by atoms with Gasteiger partial charge in [-0.05, 0) is 12.1 Å². The quantitative estimate of drug-likeness (QED) is 0.603. The molecular formula is C10H11NO2. The predicted octanol–water partition coefficient (Wildman–Crippen LogP) is 1.55. The first-order valence-corrected chi connectivity index (χ1v) is 4.04. The molecule has 0 saturated carbocycles. The van der Waals surface area contributed by atoms with Crippen molar-refractivity contribution >= 4 is 0 Å². The molecule has 1 saturated heterocycles. The molecule has 3 heteroatoms. The largest absolute Gasteiger partial charge is 0.353 e. The number of nitriles is 1. The van der Waals surface area contributed by atoms with Crippen LogP contribution in [0.4, 0.5) is 0 Å². The number of nitrogens with zero attached hydrogens (tertiary/aromatic N) is 1. The SMILES string of the molecule is C1COCO1.N#Cc1ccccc1.